The van der Waals surface area contributed by atoms with Gasteiger partial charge >= 0.3 is 0 Å². The second kappa shape index (κ2) is 4.05. The van der Waals surface area contributed by atoms with Gasteiger partial charge in [-0.2, -0.15) is 0 Å². The van der Waals surface area contributed by atoms with Crippen LogP contribution >= 0.6 is 11.3 Å². The molecule has 0 saturated heterocycles. The number of hydrogen-bond donors (Lipinski definition) is 1. The molecule has 2 heterocycles. The Hall–Kier alpha value is -1.52. The quantitative estimate of drug-likeness (QED) is 0.888. The van der Waals surface area contributed by atoms with Crippen LogP contribution in [0, 0.1) is 6.92 Å². The molecule has 1 aliphatic heterocycles. The Morgan fingerprint density at radius 3 is 2.76 bits per heavy atom. The van der Waals surface area contributed by atoms with Gasteiger partial charge in [-0.25, -0.2) is 0 Å². The fourth-order valence-corrected chi connectivity index (χ4v) is 2.61. The molecular weight excluding hydrogens is 236 g/mol. The monoisotopic (exact) mass is 248 g/mol. The van der Waals surface area contributed by atoms with Crippen molar-refractivity contribution >= 4 is 11.3 Å². The van der Waals surface area contributed by atoms with E-state index in [2.05, 4.69) is 0 Å². The van der Waals surface area contributed by atoms with E-state index in [0.29, 0.717) is 5.75 Å². The lowest BCUT2D eigenvalue weighted by Gasteiger charge is -2.09. The molecule has 88 valence electrons. The zero-order chi connectivity index (χ0) is 11.8. The number of aliphatic hydroxyl groups excluding tert-OH is 1. The van der Waals surface area contributed by atoms with Crippen molar-refractivity contribution in [1.82, 2.24) is 0 Å². The van der Waals surface area contributed by atoms with E-state index in [1.807, 2.05) is 36.6 Å². The lowest BCUT2D eigenvalue weighted by Crippen LogP contribution is -1.97. The highest BCUT2D eigenvalue weighted by molar-refractivity contribution is 7.10. The highest BCUT2D eigenvalue weighted by Crippen LogP contribution is 2.36. The van der Waals surface area contributed by atoms with Gasteiger partial charge < -0.3 is 14.6 Å². The van der Waals surface area contributed by atoms with Crippen molar-refractivity contribution in [2.45, 2.75) is 13.0 Å². The molecule has 1 aliphatic rings. The Morgan fingerprint density at radius 2 is 2.00 bits per heavy atom. The second-order valence-corrected chi connectivity index (χ2v) is 5.12. The van der Waals surface area contributed by atoms with Gasteiger partial charge in [0.25, 0.3) is 0 Å². The van der Waals surface area contributed by atoms with E-state index >= 15 is 0 Å². The Balaban J connectivity index is 1.94. The lowest BCUT2D eigenvalue weighted by atomic mass is 10.0. The fourth-order valence-electron chi connectivity index (χ4n) is 1.88. The van der Waals surface area contributed by atoms with E-state index in [4.69, 9.17) is 9.47 Å². The number of fused-ring (bicyclic) bond motifs is 1. The summed E-state index contributed by atoms with van der Waals surface area (Å²) in [6.45, 7) is 2.28. The zero-order valence-corrected chi connectivity index (χ0v) is 10.2. The summed E-state index contributed by atoms with van der Waals surface area (Å²) in [5.74, 6) is 1.44. The molecule has 0 radical (unpaired) electrons. The van der Waals surface area contributed by atoms with Crippen molar-refractivity contribution in [2.24, 2.45) is 0 Å². The van der Waals surface area contributed by atoms with Crippen LogP contribution in [0.5, 0.6) is 11.5 Å². The molecule has 0 amide bonds. The summed E-state index contributed by atoms with van der Waals surface area (Å²) in [6, 6.07) is 7.53. The standard InChI is InChI=1S/C13H12O3S/c1-8-4-10(6-17-8)13(14)9-2-3-11-12(5-9)16-7-15-11/h2-6,13-14H,7H2,1H3. The summed E-state index contributed by atoms with van der Waals surface area (Å²) in [7, 11) is 0. The van der Waals surface area contributed by atoms with Gasteiger partial charge in [-0.3, -0.25) is 0 Å². The van der Waals surface area contributed by atoms with Crippen LogP contribution in [-0.4, -0.2) is 11.9 Å². The molecule has 0 saturated carbocycles. The van der Waals surface area contributed by atoms with Crippen molar-refractivity contribution in [3.8, 4) is 11.5 Å². The van der Waals surface area contributed by atoms with Crippen LogP contribution < -0.4 is 9.47 Å². The van der Waals surface area contributed by atoms with Crippen molar-refractivity contribution in [1.29, 1.82) is 0 Å². The first-order valence-corrected chi connectivity index (χ1v) is 6.24. The molecule has 1 unspecified atom stereocenters. The van der Waals surface area contributed by atoms with Crippen LogP contribution in [0.25, 0.3) is 0 Å². The van der Waals surface area contributed by atoms with Crippen LogP contribution in [0.1, 0.15) is 22.1 Å². The maximum absolute atomic E-state index is 10.2. The molecule has 17 heavy (non-hydrogen) atoms. The number of ether oxygens (including phenoxy) is 2. The van der Waals surface area contributed by atoms with Crippen LogP contribution in [-0.2, 0) is 0 Å². The summed E-state index contributed by atoms with van der Waals surface area (Å²) in [4.78, 5) is 1.19. The third-order valence-corrected chi connectivity index (χ3v) is 3.66. The van der Waals surface area contributed by atoms with E-state index in [-0.39, 0.29) is 6.79 Å². The maximum Gasteiger partial charge on any atom is 0.231 e. The van der Waals surface area contributed by atoms with E-state index in [9.17, 15) is 5.11 Å². The van der Waals surface area contributed by atoms with E-state index in [1.165, 1.54) is 4.88 Å². The number of rotatable bonds is 2. The molecule has 3 rings (SSSR count). The lowest BCUT2D eigenvalue weighted by molar-refractivity contribution is 0.173. The topological polar surface area (TPSA) is 38.7 Å². The molecule has 0 bridgehead atoms. The first kappa shape index (κ1) is 10.6. The molecule has 2 aromatic rings. The highest BCUT2D eigenvalue weighted by Gasteiger charge is 2.18. The minimum absolute atomic E-state index is 0.256. The van der Waals surface area contributed by atoms with Crippen molar-refractivity contribution in [3.05, 3.63) is 45.6 Å². The number of benzene rings is 1. The van der Waals surface area contributed by atoms with Gasteiger partial charge in [-0.15, -0.1) is 11.3 Å². The molecule has 4 heteroatoms. The van der Waals surface area contributed by atoms with Gasteiger partial charge in [0.2, 0.25) is 6.79 Å². The SMILES string of the molecule is Cc1cc(C(O)c2ccc3c(c2)OCO3)cs1. The predicted octanol–water partition coefficient (Wildman–Crippen LogP) is 2.87. The fraction of sp³-hybridized carbons (Fsp3) is 0.231. The van der Waals surface area contributed by atoms with Gasteiger partial charge in [0.1, 0.15) is 6.10 Å². The van der Waals surface area contributed by atoms with E-state index in [1.54, 1.807) is 11.3 Å². The molecule has 1 aromatic carbocycles. The van der Waals surface area contributed by atoms with Crippen molar-refractivity contribution in [2.75, 3.05) is 6.79 Å². The molecular formula is C13H12O3S. The Kier molecular flexibility index (Phi) is 2.53. The maximum atomic E-state index is 10.2. The summed E-state index contributed by atoms with van der Waals surface area (Å²) in [6.07, 6.45) is -0.602. The number of thiophene rings is 1. The third-order valence-electron chi connectivity index (χ3n) is 2.78. The van der Waals surface area contributed by atoms with E-state index in [0.717, 1.165) is 16.9 Å². The molecule has 1 N–H and O–H groups in total. The summed E-state index contributed by atoms with van der Waals surface area (Å²) in [5.41, 5.74) is 1.75. The number of aryl methyl sites for hydroxylation is 1. The predicted molar refractivity (Wildman–Crippen MR) is 65.7 cm³/mol. The van der Waals surface area contributed by atoms with Crippen LogP contribution in [0.4, 0.5) is 0 Å². The minimum atomic E-state index is -0.602. The Morgan fingerprint density at radius 1 is 1.18 bits per heavy atom. The van der Waals surface area contributed by atoms with Crippen LogP contribution in [0.15, 0.2) is 29.6 Å². The normalized spacial score (nSPS) is 14.9. The van der Waals surface area contributed by atoms with Crippen molar-refractivity contribution in [3.63, 3.8) is 0 Å². The van der Waals surface area contributed by atoms with Crippen LogP contribution in [0.2, 0.25) is 0 Å². The zero-order valence-electron chi connectivity index (χ0n) is 9.34. The van der Waals surface area contributed by atoms with Crippen molar-refractivity contribution < 1.29 is 14.6 Å². The van der Waals surface area contributed by atoms with Gasteiger partial charge in [-0.1, -0.05) is 6.07 Å². The number of aliphatic hydroxyl groups is 1. The first-order valence-electron chi connectivity index (χ1n) is 5.37. The Labute approximate surface area is 103 Å². The van der Waals surface area contributed by atoms with Crippen LogP contribution in [0.3, 0.4) is 0 Å². The number of hydrogen-bond acceptors (Lipinski definition) is 4. The van der Waals surface area contributed by atoms with E-state index < -0.39 is 6.10 Å². The molecule has 3 nitrogen and oxygen atoms in total. The smallest absolute Gasteiger partial charge is 0.231 e. The minimum Gasteiger partial charge on any atom is -0.454 e. The molecule has 0 spiro atoms. The molecule has 0 fully saturated rings. The van der Waals surface area contributed by atoms with Gasteiger partial charge in [0.05, 0.1) is 0 Å². The van der Waals surface area contributed by atoms with Gasteiger partial charge in [-0.05, 0) is 41.6 Å². The first-order chi connectivity index (χ1) is 8.24. The molecule has 1 atom stereocenters. The Bertz CT molecular complexity index is 547. The van der Waals surface area contributed by atoms with Gasteiger partial charge in [0, 0.05) is 4.88 Å². The second-order valence-electron chi connectivity index (χ2n) is 4.01. The molecule has 1 aromatic heterocycles. The summed E-state index contributed by atoms with van der Waals surface area (Å²) < 4.78 is 10.5. The summed E-state index contributed by atoms with van der Waals surface area (Å²) in [5, 5.41) is 12.2. The average Bonchev–Trinajstić information content (AvgIpc) is 2.95. The largest absolute Gasteiger partial charge is 0.454 e. The van der Waals surface area contributed by atoms with Gasteiger partial charge in [0.15, 0.2) is 11.5 Å². The average molecular weight is 248 g/mol. The third kappa shape index (κ3) is 1.90. The highest BCUT2D eigenvalue weighted by atomic mass is 32.1. The molecule has 0 aliphatic carbocycles. The summed E-state index contributed by atoms with van der Waals surface area (Å²) >= 11 is 1.64.